The largest absolute Gasteiger partial charge is 0.398 e. The number of benzene rings is 1. The Kier molecular flexibility index (Phi) is 3.05. The third-order valence-corrected chi connectivity index (χ3v) is 3.33. The summed E-state index contributed by atoms with van der Waals surface area (Å²) in [4.78, 5) is 17.9. The Morgan fingerprint density at radius 3 is 3.11 bits per heavy atom. The summed E-state index contributed by atoms with van der Waals surface area (Å²) in [6.45, 7) is 1.93. The van der Waals surface area contributed by atoms with Crippen LogP contribution < -0.4 is 5.73 Å². The summed E-state index contributed by atoms with van der Waals surface area (Å²) in [5.74, 6) is 0.0205. The fourth-order valence-corrected chi connectivity index (χ4v) is 2.30. The van der Waals surface area contributed by atoms with E-state index >= 15 is 0 Å². The van der Waals surface area contributed by atoms with Crippen molar-refractivity contribution in [3.63, 3.8) is 0 Å². The van der Waals surface area contributed by atoms with Gasteiger partial charge < -0.3 is 15.4 Å². The Bertz CT molecular complexity index is 627. The normalized spacial score (nSPS) is 16.0. The van der Waals surface area contributed by atoms with Crippen molar-refractivity contribution < 1.29 is 9.53 Å². The predicted molar refractivity (Wildman–Crippen MR) is 72.4 cm³/mol. The summed E-state index contributed by atoms with van der Waals surface area (Å²) < 4.78 is 5.13. The minimum absolute atomic E-state index is 0.0205. The first-order valence-electron chi connectivity index (χ1n) is 6.23. The second kappa shape index (κ2) is 4.85. The molecule has 1 aromatic heterocycles. The minimum Gasteiger partial charge on any atom is -0.398 e. The highest BCUT2D eigenvalue weighted by Crippen LogP contribution is 2.23. The summed E-state index contributed by atoms with van der Waals surface area (Å²) in [5.41, 5.74) is 8.53. The van der Waals surface area contributed by atoms with Crippen molar-refractivity contribution in [1.82, 2.24) is 9.88 Å². The van der Waals surface area contributed by atoms with E-state index in [-0.39, 0.29) is 12.5 Å². The van der Waals surface area contributed by atoms with Gasteiger partial charge in [0.05, 0.1) is 12.1 Å². The van der Waals surface area contributed by atoms with Gasteiger partial charge >= 0.3 is 0 Å². The molecule has 2 heterocycles. The van der Waals surface area contributed by atoms with Crippen LogP contribution in [-0.4, -0.2) is 35.5 Å². The number of carbonyl (C=O) groups is 1. The first-order chi connectivity index (χ1) is 9.25. The molecular weight excluding hydrogens is 242 g/mol. The van der Waals surface area contributed by atoms with E-state index in [0.29, 0.717) is 25.4 Å². The average Bonchev–Trinajstić information content (AvgIpc) is 2.44. The van der Waals surface area contributed by atoms with E-state index in [9.17, 15) is 4.79 Å². The van der Waals surface area contributed by atoms with Crippen molar-refractivity contribution in [2.45, 2.75) is 6.54 Å². The number of morpholine rings is 1. The van der Waals surface area contributed by atoms with Crippen LogP contribution in [0.2, 0.25) is 0 Å². The number of nitrogen functional groups attached to an aromatic ring is 1. The zero-order chi connectivity index (χ0) is 13.2. The number of aromatic nitrogens is 1. The Balaban J connectivity index is 1.97. The third-order valence-electron chi connectivity index (χ3n) is 3.33. The summed E-state index contributed by atoms with van der Waals surface area (Å²) in [6.07, 6.45) is 1.74. The first-order valence-corrected chi connectivity index (χ1v) is 6.23. The fourth-order valence-electron chi connectivity index (χ4n) is 2.30. The molecular formula is C14H15N3O2. The standard InChI is InChI=1S/C14H15N3O2/c15-12-4-3-10(14-11(12)2-1-5-16-14)8-17-6-7-19-9-13(17)18/h1-5H,6-9,15H2. The molecule has 1 aliphatic rings. The van der Waals surface area contributed by atoms with Gasteiger partial charge in [-0.1, -0.05) is 6.07 Å². The maximum Gasteiger partial charge on any atom is 0.248 e. The van der Waals surface area contributed by atoms with Gasteiger partial charge in [0.25, 0.3) is 0 Å². The summed E-state index contributed by atoms with van der Waals surface area (Å²) in [5, 5.41) is 0.931. The van der Waals surface area contributed by atoms with Gasteiger partial charge in [0, 0.05) is 30.4 Å². The smallest absolute Gasteiger partial charge is 0.248 e. The molecule has 1 amide bonds. The second-order valence-electron chi connectivity index (χ2n) is 4.58. The highest BCUT2D eigenvalue weighted by Gasteiger charge is 2.19. The second-order valence-corrected chi connectivity index (χ2v) is 4.58. The van der Waals surface area contributed by atoms with Gasteiger partial charge in [-0.25, -0.2) is 0 Å². The fraction of sp³-hybridized carbons (Fsp3) is 0.286. The van der Waals surface area contributed by atoms with E-state index in [1.165, 1.54) is 0 Å². The molecule has 0 radical (unpaired) electrons. The van der Waals surface area contributed by atoms with Gasteiger partial charge in [-0.15, -0.1) is 0 Å². The van der Waals surface area contributed by atoms with E-state index < -0.39 is 0 Å². The lowest BCUT2D eigenvalue weighted by Crippen LogP contribution is -2.40. The van der Waals surface area contributed by atoms with Gasteiger partial charge in [0.15, 0.2) is 0 Å². The topological polar surface area (TPSA) is 68.4 Å². The molecule has 1 aliphatic heterocycles. The average molecular weight is 257 g/mol. The number of amides is 1. The van der Waals surface area contributed by atoms with Crippen LogP contribution in [-0.2, 0) is 16.1 Å². The molecule has 0 spiro atoms. The van der Waals surface area contributed by atoms with E-state index in [4.69, 9.17) is 10.5 Å². The Labute approximate surface area is 111 Å². The molecule has 0 unspecified atom stereocenters. The van der Waals surface area contributed by atoms with Gasteiger partial charge in [0.1, 0.15) is 6.61 Å². The highest BCUT2D eigenvalue weighted by molar-refractivity contribution is 5.92. The molecule has 5 nitrogen and oxygen atoms in total. The number of hydrogen-bond acceptors (Lipinski definition) is 4. The zero-order valence-corrected chi connectivity index (χ0v) is 10.5. The SMILES string of the molecule is Nc1ccc(CN2CCOCC2=O)c2ncccc12. The first kappa shape index (κ1) is 11.9. The van der Waals surface area contributed by atoms with Gasteiger partial charge in [-0.3, -0.25) is 9.78 Å². The molecule has 5 heteroatoms. The molecule has 0 saturated carbocycles. The van der Waals surface area contributed by atoms with E-state index in [1.54, 1.807) is 11.1 Å². The predicted octanol–water partition coefficient (Wildman–Crippen LogP) is 1.18. The van der Waals surface area contributed by atoms with Crippen molar-refractivity contribution >= 4 is 22.5 Å². The Morgan fingerprint density at radius 2 is 2.26 bits per heavy atom. The number of fused-ring (bicyclic) bond motifs is 1. The van der Waals surface area contributed by atoms with Crippen LogP contribution in [0.1, 0.15) is 5.56 Å². The lowest BCUT2D eigenvalue weighted by Gasteiger charge is -2.27. The van der Waals surface area contributed by atoms with Crippen molar-refractivity contribution in [2.24, 2.45) is 0 Å². The lowest BCUT2D eigenvalue weighted by molar-refractivity contribution is -0.143. The van der Waals surface area contributed by atoms with Crippen LogP contribution >= 0.6 is 0 Å². The molecule has 1 aromatic carbocycles. The molecule has 2 N–H and O–H groups in total. The number of ether oxygens (including phenoxy) is 1. The number of anilines is 1. The van der Waals surface area contributed by atoms with Crippen molar-refractivity contribution in [2.75, 3.05) is 25.5 Å². The van der Waals surface area contributed by atoms with Crippen molar-refractivity contribution in [3.8, 4) is 0 Å². The summed E-state index contributed by atoms with van der Waals surface area (Å²) in [6, 6.07) is 7.61. The number of nitrogens with zero attached hydrogens (tertiary/aromatic N) is 2. The number of nitrogens with two attached hydrogens (primary N) is 1. The zero-order valence-electron chi connectivity index (χ0n) is 10.5. The number of carbonyl (C=O) groups excluding carboxylic acids is 1. The molecule has 98 valence electrons. The Morgan fingerprint density at radius 1 is 1.37 bits per heavy atom. The van der Waals surface area contributed by atoms with Crippen LogP contribution in [0.25, 0.3) is 10.9 Å². The summed E-state index contributed by atoms with van der Waals surface area (Å²) in [7, 11) is 0. The molecule has 1 fully saturated rings. The number of hydrogen-bond donors (Lipinski definition) is 1. The molecule has 2 aromatic rings. The number of rotatable bonds is 2. The van der Waals surface area contributed by atoms with Crippen LogP contribution in [0, 0.1) is 0 Å². The number of pyridine rings is 1. The van der Waals surface area contributed by atoms with Crippen LogP contribution in [0.15, 0.2) is 30.5 Å². The maximum atomic E-state index is 11.8. The minimum atomic E-state index is 0.0205. The molecule has 3 rings (SSSR count). The molecule has 0 atom stereocenters. The maximum absolute atomic E-state index is 11.8. The molecule has 1 saturated heterocycles. The van der Waals surface area contributed by atoms with E-state index in [0.717, 1.165) is 16.5 Å². The van der Waals surface area contributed by atoms with E-state index in [1.807, 2.05) is 24.3 Å². The lowest BCUT2D eigenvalue weighted by atomic mass is 10.1. The van der Waals surface area contributed by atoms with Crippen LogP contribution in [0.3, 0.4) is 0 Å². The molecule has 19 heavy (non-hydrogen) atoms. The van der Waals surface area contributed by atoms with Crippen molar-refractivity contribution in [3.05, 3.63) is 36.0 Å². The quantitative estimate of drug-likeness (QED) is 0.820. The Hall–Kier alpha value is -2.14. The molecule has 0 bridgehead atoms. The monoisotopic (exact) mass is 257 g/mol. The van der Waals surface area contributed by atoms with Gasteiger partial charge in [0.2, 0.25) is 5.91 Å². The van der Waals surface area contributed by atoms with Gasteiger partial charge in [-0.05, 0) is 23.8 Å². The summed E-state index contributed by atoms with van der Waals surface area (Å²) >= 11 is 0. The molecule has 0 aliphatic carbocycles. The van der Waals surface area contributed by atoms with E-state index in [2.05, 4.69) is 4.98 Å². The third kappa shape index (κ3) is 2.24. The van der Waals surface area contributed by atoms with Crippen LogP contribution in [0.5, 0.6) is 0 Å². The van der Waals surface area contributed by atoms with Crippen LogP contribution in [0.4, 0.5) is 5.69 Å². The van der Waals surface area contributed by atoms with Gasteiger partial charge in [-0.2, -0.15) is 0 Å². The highest BCUT2D eigenvalue weighted by atomic mass is 16.5. The van der Waals surface area contributed by atoms with Crippen molar-refractivity contribution in [1.29, 1.82) is 0 Å².